The zero-order valence-electron chi connectivity index (χ0n) is 13.5. The van der Waals surface area contributed by atoms with Crippen LogP contribution in [-0.4, -0.2) is 35.3 Å². The molecule has 0 fully saturated rings. The molecular formula is C16H19N3O3S. The third-order valence-electron chi connectivity index (χ3n) is 3.11. The second-order valence-electron chi connectivity index (χ2n) is 4.81. The van der Waals surface area contributed by atoms with E-state index in [9.17, 15) is 4.79 Å². The fourth-order valence-electron chi connectivity index (χ4n) is 1.88. The second-order valence-corrected chi connectivity index (χ2v) is 6.17. The maximum Gasteiger partial charge on any atom is 0.237 e. The van der Waals surface area contributed by atoms with Crippen molar-refractivity contribution in [2.45, 2.75) is 24.1 Å². The Morgan fingerprint density at radius 3 is 2.65 bits per heavy atom. The summed E-state index contributed by atoms with van der Waals surface area (Å²) in [6, 6.07) is 7.10. The first-order valence-corrected chi connectivity index (χ1v) is 7.89. The van der Waals surface area contributed by atoms with Crippen LogP contribution in [0.5, 0.6) is 11.5 Å². The predicted octanol–water partition coefficient (Wildman–Crippen LogP) is 2.92. The molecule has 1 unspecified atom stereocenters. The van der Waals surface area contributed by atoms with Gasteiger partial charge in [-0.25, -0.2) is 9.97 Å². The van der Waals surface area contributed by atoms with E-state index in [1.807, 2.05) is 19.9 Å². The molecule has 1 N–H and O–H groups in total. The normalized spacial score (nSPS) is 11.7. The van der Waals surface area contributed by atoms with Crippen LogP contribution in [0.2, 0.25) is 0 Å². The highest BCUT2D eigenvalue weighted by Gasteiger charge is 2.17. The van der Waals surface area contributed by atoms with E-state index in [1.54, 1.807) is 32.4 Å². The molecule has 0 aliphatic carbocycles. The van der Waals surface area contributed by atoms with Crippen LogP contribution >= 0.6 is 11.8 Å². The number of ether oxygens (including phenoxy) is 2. The topological polar surface area (TPSA) is 73.3 Å². The molecule has 6 nitrogen and oxygen atoms in total. The first-order valence-electron chi connectivity index (χ1n) is 7.01. The Bertz CT molecular complexity index is 694. The van der Waals surface area contributed by atoms with E-state index >= 15 is 0 Å². The highest BCUT2D eigenvalue weighted by atomic mass is 32.2. The van der Waals surface area contributed by atoms with Gasteiger partial charge in [0.25, 0.3) is 0 Å². The molecule has 1 amide bonds. The Hall–Kier alpha value is -2.28. The van der Waals surface area contributed by atoms with Crippen LogP contribution in [0.15, 0.2) is 35.6 Å². The predicted molar refractivity (Wildman–Crippen MR) is 90.3 cm³/mol. The van der Waals surface area contributed by atoms with Gasteiger partial charge >= 0.3 is 0 Å². The lowest BCUT2D eigenvalue weighted by Crippen LogP contribution is -2.22. The van der Waals surface area contributed by atoms with Gasteiger partial charge in [0.15, 0.2) is 0 Å². The van der Waals surface area contributed by atoms with Crippen molar-refractivity contribution < 1.29 is 14.3 Å². The molecule has 0 aliphatic rings. The minimum atomic E-state index is -0.319. The Morgan fingerprint density at radius 1 is 1.22 bits per heavy atom. The van der Waals surface area contributed by atoms with Crippen molar-refractivity contribution in [2.75, 3.05) is 19.5 Å². The summed E-state index contributed by atoms with van der Waals surface area (Å²) in [6.45, 7) is 3.71. The summed E-state index contributed by atoms with van der Waals surface area (Å²) in [6.07, 6.45) is 1.49. The third kappa shape index (κ3) is 4.59. The van der Waals surface area contributed by atoms with Crippen molar-refractivity contribution in [3.8, 4) is 11.5 Å². The Labute approximate surface area is 139 Å². The van der Waals surface area contributed by atoms with Crippen molar-refractivity contribution >= 4 is 23.4 Å². The summed E-state index contributed by atoms with van der Waals surface area (Å²) in [5.74, 6) is 1.08. The number of aryl methyl sites for hydroxylation is 1. The van der Waals surface area contributed by atoms with Gasteiger partial charge < -0.3 is 14.8 Å². The van der Waals surface area contributed by atoms with Gasteiger partial charge in [0.2, 0.25) is 5.91 Å². The first-order chi connectivity index (χ1) is 11.0. The number of nitrogens with zero attached hydrogens (tertiary/aromatic N) is 2. The molecule has 2 rings (SSSR count). The number of benzene rings is 1. The molecule has 0 aliphatic heterocycles. The zero-order chi connectivity index (χ0) is 16.8. The standard InChI is InChI=1S/C16H19N3O3S/c1-10-7-15(18-9-17-10)23-11(2)16(20)19-13-8-12(21-3)5-6-14(13)22-4/h5-9,11H,1-4H3,(H,19,20). The quantitative estimate of drug-likeness (QED) is 0.647. The number of carbonyl (C=O) groups excluding carboxylic acids is 1. The number of amides is 1. The van der Waals surface area contributed by atoms with E-state index in [-0.39, 0.29) is 11.2 Å². The molecule has 0 spiro atoms. The van der Waals surface area contributed by atoms with Crippen molar-refractivity contribution in [1.29, 1.82) is 0 Å². The van der Waals surface area contributed by atoms with Crippen molar-refractivity contribution in [1.82, 2.24) is 9.97 Å². The highest BCUT2D eigenvalue weighted by molar-refractivity contribution is 8.00. The van der Waals surface area contributed by atoms with Crippen LogP contribution in [-0.2, 0) is 4.79 Å². The molecule has 1 aromatic carbocycles. The zero-order valence-corrected chi connectivity index (χ0v) is 14.3. The molecular weight excluding hydrogens is 314 g/mol. The summed E-state index contributed by atoms with van der Waals surface area (Å²) < 4.78 is 10.4. The molecule has 23 heavy (non-hydrogen) atoms. The maximum absolute atomic E-state index is 12.4. The molecule has 1 aromatic heterocycles. The lowest BCUT2D eigenvalue weighted by atomic mass is 10.2. The lowest BCUT2D eigenvalue weighted by Gasteiger charge is -2.14. The summed E-state index contributed by atoms with van der Waals surface area (Å²) in [5.41, 5.74) is 1.44. The lowest BCUT2D eigenvalue weighted by molar-refractivity contribution is -0.115. The average Bonchev–Trinajstić information content (AvgIpc) is 2.54. The fourth-order valence-corrected chi connectivity index (χ4v) is 2.75. The number of hydrogen-bond donors (Lipinski definition) is 1. The number of methoxy groups -OCH3 is 2. The number of aromatic nitrogens is 2. The van der Waals surface area contributed by atoms with Gasteiger partial charge in [0.1, 0.15) is 22.9 Å². The van der Waals surface area contributed by atoms with Crippen LogP contribution in [0.3, 0.4) is 0 Å². The van der Waals surface area contributed by atoms with Crippen LogP contribution in [0.4, 0.5) is 5.69 Å². The average molecular weight is 333 g/mol. The highest BCUT2D eigenvalue weighted by Crippen LogP contribution is 2.30. The van der Waals surface area contributed by atoms with Crippen molar-refractivity contribution in [3.63, 3.8) is 0 Å². The minimum absolute atomic E-state index is 0.141. The van der Waals surface area contributed by atoms with Crippen molar-refractivity contribution in [2.24, 2.45) is 0 Å². The van der Waals surface area contributed by atoms with E-state index < -0.39 is 0 Å². The van der Waals surface area contributed by atoms with E-state index in [2.05, 4.69) is 15.3 Å². The van der Waals surface area contributed by atoms with Gasteiger partial charge in [-0.15, -0.1) is 0 Å². The SMILES string of the molecule is COc1ccc(OC)c(NC(=O)C(C)Sc2cc(C)ncn2)c1. The van der Waals surface area contributed by atoms with Gasteiger partial charge in [-0.2, -0.15) is 0 Å². The Balaban J connectivity index is 2.09. The van der Waals surface area contributed by atoms with E-state index in [4.69, 9.17) is 9.47 Å². The summed E-state index contributed by atoms with van der Waals surface area (Å²) in [7, 11) is 3.13. The Kier molecular flexibility index (Phi) is 5.81. The van der Waals surface area contributed by atoms with Gasteiger partial charge in [-0.1, -0.05) is 11.8 Å². The van der Waals surface area contributed by atoms with Gasteiger partial charge in [0.05, 0.1) is 25.2 Å². The van der Waals surface area contributed by atoms with Crippen LogP contribution in [0.1, 0.15) is 12.6 Å². The minimum Gasteiger partial charge on any atom is -0.497 e. The molecule has 7 heteroatoms. The molecule has 2 aromatic rings. The number of anilines is 1. The van der Waals surface area contributed by atoms with Crippen LogP contribution in [0, 0.1) is 6.92 Å². The number of thioether (sulfide) groups is 1. The van der Waals surface area contributed by atoms with Crippen molar-refractivity contribution in [3.05, 3.63) is 36.3 Å². The molecule has 0 radical (unpaired) electrons. The monoisotopic (exact) mass is 333 g/mol. The Morgan fingerprint density at radius 2 is 2.00 bits per heavy atom. The molecule has 0 bridgehead atoms. The van der Waals surface area contributed by atoms with E-state index in [1.165, 1.54) is 18.1 Å². The number of carbonyl (C=O) groups is 1. The first kappa shape index (κ1) is 17.1. The van der Waals surface area contributed by atoms with Gasteiger partial charge in [-0.3, -0.25) is 4.79 Å². The molecule has 122 valence electrons. The van der Waals surface area contributed by atoms with Crippen LogP contribution < -0.4 is 14.8 Å². The molecule has 1 atom stereocenters. The smallest absolute Gasteiger partial charge is 0.237 e. The van der Waals surface area contributed by atoms with Crippen LogP contribution in [0.25, 0.3) is 0 Å². The number of nitrogens with one attached hydrogen (secondary N) is 1. The third-order valence-corrected chi connectivity index (χ3v) is 4.14. The second kappa shape index (κ2) is 7.82. The number of rotatable bonds is 6. The molecule has 0 saturated carbocycles. The van der Waals surface area contributed by atoms with Gasteiger partial charge in [0, 0.05) is 11.8 Å². The fraction of sp³-hybridized carbons (Fsp3) is 0.312. The summed E-state index contributed by atoms with van der Waals surface area (Å²) >= 11 is 1.37. The maximum atomic E-state index is 12.4. The largest absolute Gasteiger partial charge is 0.497 e. The molecule has 1 heterocycles. The molecule has 0 saturated heterocycles. The summed E-state index contributed by atoms with van der Waals surface area (Å²) in [4.78, 5) is 20.6. The summed E-state index contributed by atoms with van der Waals surface area (Å²) in [5, 5.41) is 3.31. The van der Waals surface area contributed by atoms with Gasteiger partial charge in [-0.05, 0) is 32.0 Å². The van der Waals surface area contributed by atoms with E-state index in [0.717, 1.165) is 10.7 Å². The number of hydrogen-bond acceptors (Lipinski definition) is 6. The van der Waals surface area contributed by atoms with E-state index in [0.29, 0.717) is 17.2 Å².